The molecule has 0 saturated heterocycles. The van der Waals surface area contributed by atoms with Crippen LogP contribution in [0.15, 0.2) is 48.5 Å². The molecule has 3 heteroatoms. The van der Waals surface area contributed by atoms with Crippen molar-refractivity contribution in [2.45, 2.75) is 12.5 Å². The van der Waals surface area contributed by atoms with Crippen molar-refractivity contribution in [3.8, 4) is 0 Å². The van der Waals surface area contributed by atoms with Crippen molar-refractivity contribution in [1.29, 1.82) is 0 Å². The normalized spacial score (nSPS) is 18.9. The van der Waals surface area contributed by atoms with Crippen LogP contribution in [-0.2, 0) is 6.42 Å². The minimum Gasteiger partial charge on any atom is -0.294 e. The summed E-state index contributed by atoms with van der Waals surface area (Å²) in [5, 5.41) is 0.744. The molecule has 106 valence electrons. The first kappa shape index (κ1) is 13.0. The van der Waals surface area contributed by atoms with Gasteiger partial charge in [-0.05, 0) is 42.8 Å². The van der Waals surface area contributed by atoms with Gasteiger partial charge in [0.25, 0.3) is 0 Å². The number of hydrogen-bond donors (Lipinski definition) is 0. The Morgan fingerprint density at radius 1 is 1.14 bits per heavy atom. The average molecular weight is 297 g/mol. The second kappa shape index (κ2) is 4.93. The first-order chi connectivity index (χ1) is 10.2. The van der Waals surface area contributed by atoms with Crippen molar-refractivity contribution in [3.05, 3.63) is 70.4 Å². The predicted molar refractivity (Wildman–Crippen MR) is 86.4 cm³/mol. The van der Waals surface area contributed by atoms with Gasteiger partial charge in [0.1, 0.15) is 5.82 Å². The summed E-state index contributed by atoms with van der Waals surface area (Å²) in [6, 6.07) is 16.2. The standard InChI is InChI=1S/C18H16FNS/c1-20-10-9-12-5-2-3-6-13(12)18(20)17-11-14-15(19)7-4-8-16(14)21-17/h2-8,11,18H,9-10H2,1H3. The molecule has 2 heterocycles. The summed E-state index contributed by atoms with van der Waals surface area (Å²) in [5.41, 5.74) is 2.77. The van der Waals surface area contributed by atoms with E-state index in [4.69, 9.17) is 0 Å². The number of hydrogen-bond acceptors (Lipinski definition) is 2. The molecular weight excluding hydrogens is 281 g/mol. The molecule has 4 rings (SSSR count). The van der Waals surface area contributed by atoms with Gasteiger partial charge in [0, 0.05) is 21.5 Å². The van der Waals surface area contributed by atoms with E-state index in [-0.39, 0.29) is 11.9 Å². The van der Waals surface area contributed by atoms with Crippen molar-refractivity contribution < 1.29 is 4.39 Å². The van der Waals surface area contributed by atoms with Gasteiger partial charge in [-0.1, -0.05) is 30.3 Å². The Labute approximate surface area is 127 Å². The van der Waals surface area contributed by atoms with Gasteiger partial charge in [-0.15, -0.1) is 11.3 Å². The van der Waals surface area contributed by atoms with E-state index in [1.54, 1.807) is 17.4 Å². The average Bonchev–Trinajstić information content (AvgIpc) is 2.92. The number of nitrogens with zero attached hydrogens (tertiary/aromatic N) is 1. The smallest absolute Gasteiger partial charge is 0.131 e. The molecule has 0 aliphatic carbocycles. The molecule has 1 atom stereocenters. The topological polar surface area (TPSA) is 3.24 Å². The van der Waals surface area contributed by atoms with E-state index in [2.05, 4.69) is 36.2 Å². The van der Waals surface area contributed by atoms with E-state index < -0.39 is 0 Å². The van der Waals surface area contributed by atoms with Gasteiger partial charge in [0.2, 0.25) is 0 Å². The molecule has 0 N–H and O–H groups in total. The summed E-state index contributed by atoms with van der Waals surface area (Å²) in [6.07, 6.45) is 1.09. The minimum atomic E-state index is -0.123. The number of halogens is 1. The van der Waals surface area contributed by atoms with Gasteiger partial charge in [0.05, 0.1) is 6.04 Å². The predicted octanol–water partition coefficient (Wildman–Crippen LogP) is 4.62. The van der Waals surface area contributed by atoms with E-state index in [9.17, 15) is 4.39 Å². The third kappa shape index (κ3) is 2.08. The first-order valence-electron chi connectivity index (χ1n) is 7.20. The lowest BCUT2D eigenvalue weighted by molar-refractivity contribution is 0.268. The molecule has 1 nitrogen and oxygen atoms in total. The highest BCUT2D eigenvalue weighted by molar-refractivity contribution is 7.19. The zero-order valence-corrected chi connectivity index (χ0v) is 12.7. The Balaban J connectivity index is 1.89. The molecule has 0 spiro atoms. The number of benzene rings is 2. The van der Waals surface area contributed by atoms with Crippen LogP contribution in [-0.4, -0.2) is 18.5 Å². The zero-order valence-electron chi connectivity index (χ0n) is 11.8. The van der Waals surface area contributed by atoms with Crippen LogP contribution in [0, 0.1) is 5.82 Å². The lowest BCUT2D eigenvalue weighted by Crippen LogP contribution is -2.32. The van der Waals surface area contributed by atoms with Gasteiger partial charge >= 0.3 is 0 Å². The SMILES string of the molecule is CN1CCc2ccccc2C1c1cc2c(F)cccc2s1. The second-order valence-corrected chi connectivity index (χ2v) is 6.75. The first-order valence-corrected chi connectivity index (χ1v) is 8.01. The number of thiophene rings is 1. The number of rotatable bonds is 1. The van der Waals surface area contributed by atoms with Crippen LogP contribution >= 0.6 is 11.3 Å². The Kier molecular flexibility index (Phi) is 3.05. The van der Waals surface area contributed by atoms with Gasteiger partial charge < -0.3 is 0 Å². The Morgan fingerprint density at radius 2 is 2.00 bits per heavy atom. The van der Waals surface area contributed by atoms with Gasteiger partial charge in [-0.3, -0.25) is 4.90 Å². The largest absolute Gasteiger partial charge is 0.294 e. The van der Waals surface area contributed by atoms with Gasteiger partial charge in [0.15, 0.2) is 0 Å². The Morgan fingerprint density at radius 3 is 2.86 bits per heavy atom. The molecule has 0 saturated carbocycles. The van der Waals surface area contributed by atoms with Crippen LogP contribution in [0.3, 0.4) is 0 Å². The van der Waals surface area contributed by atoms with Gasteiger partial charge in [-0.25, -0.2) is 4.39 Å². The molecule has 1 aliphatic heterocycles. The highest BCUT2D eigenvalue weighted by atomic mass is 32.1. The third-order valence-corrected chi connectivity index (χ3v) is 5.47. The molecular formula is C18H16FNS. The van der Waals surface area contributed by atoms with Crippen molar-refractivity contribution in [3.63, 3.8) is 0 Å². The molecule has 2 aromatic carbocycles. The lowest BCUT2D eigenvalue weighted by atomic mass is 9.92. The fraction of sp³-hybridized carbons (Fsp3) is 0.222. The van der Waals surface area contributed by atoms with E-state index in [1.165, 1.54) is 22.1 Å². The summed E-state index contributed by atoms with van der Waals surface area (Å²) in [5.74, 6) is -0.123. The summed E-state index contributed by atoms with van der Waals surface area (Å²) < 4.78 is 15.0. The maximum Gasteiger partial charge on any atom is 0.131 e. The molecule has 0 fully saturated rings. The highest BCUT2D eigenvalue weighted by Gasteiger charge is 2.27. The Bertz CT molecular complexity index is 808. The maximum absolute atomic E-state index is 14.0. The molecule has 1 aromatic heterocycles. The van der Waals surface area contributed by atoms with Crippen molar-refractivity contribution in [2.75, 3.05) is 13.6 Å². The summed E-state index contributed by atoms with van der Waals surface area (Å²) in [6.45, 7) is 1.04. The van der Waals surface area contributed by atoms with Crippen LogP contribution in [0.4, 0.5) is 4.39 Å². The van der Waals surface area contributed by atoms with Crippen LogP contribution < -0.4 is 0 Å². The summed E-state index contributed by atoms with van der Waals surface area (Å²) >= 11 is 1.70. The number of likely N-dealkylation sites (N-methyl/N-ethyl adjacent to an activating group) is 1. The zero-order chi connectivity index (χ0) is 14.4. The van der Waals surface area contributed by atoms with Crippen molar-refractivity contribution in [2.24, 2.45) is 0 Å². The Hall–Kier alpha value is -1.71. The van der Waals surface area contributed by atoms with Crippen molar-refractivity contribution in [1.82, 2.24) is 4.90 Å². The van der Waals surface area contributed by atoms with Crippen LogP contribution in [0.5, 0.6) is 0 Å². The number of fused-ring (bicyclic) bond motifs is 2. The second-order valence-electron chi connectivity index (χ2n) is 5.63. The highest BCUT2D eigenvalue weighted by Crippen LogP contribution is 2.40. The minimum absolute atomic E-state index is 0.123. The summed E-state index contributed by atoms with van der Waals surface area (Å²) in [7, 11) is 2.15. The third-order valence-electron chi connectivity index (χ3n) is 4.32. The van der Waals surface area contributed by atoms with Crippen LogP contribution in [0.2, 0.25) is 0 Å². The van der Waals surface area contributed by atoms with Crippen LogP contribution in [0.25, 0.3) is 10.1 Å². The summed E-state index contributed by atoms with van der Waals surface area (Å²) in [4.78, 5) is 3.59. The molecule has 21 heavy (non-hydrogen) atoms. The quantitative estimate of drug-likeness (QED) is 0.633. The van der Waals surface area contributed by atoms with Crippen LogP contribution in [0.1, 0.15) is 22.0 Å². The molecule has 0 bridgehead atoms. The lowest BCUT2D eigenvalue weighted by Gasteiger charge is -2.34. The molecule has 1 unspecified atom stereocenters. The van der Waals surface area contributed by atoms with E-state index >= 15 is 0 Å². The molecule has 0 radical (unpaired) electrons. The van der Waals surface area contributed by atoms with E-state index in [0.29, 0.717) is 0 Å². The fourth-order valence-electron chi connectivity index (χ4n) is 3.24. The molecule has 1 aliphatic rings. The molecule has 3 aromatic rings. The van der Waals surface area contributed by atoms with Crippen molar-refractivity contribution >= 4 is 21.4 Å². The maximum atomic E-state index is 14.0. The van der Waals surface area contributed by atoms with Gasteiger partial charge in [-0.2, -0.15) is 0 Å². The fourth-order valence-corrected chi connectivity index (χ4v) is 4.50. The van der Waals surface area contributed by atoms with E-state index in [1.807, 2.05) is 12.1 Å². The molecule has 0 amide bonds. The van der Waals surface area contributed by atoms with E-state index in [0.717, 1.165) is 23.1 Å². The monoisotopic (exact) mass is 297 g/mol.